The Hall–Kier alpha value is -3.88. The number of anilines is 2. The Labute approximate surface area is 277 Å². The van der Waals surface area contributed by atoms with Gasteiger partial charge in [0.15, 0.2) is 29.4 Å². The van der Waals surface area contributed by atoms with Crippen LogP contribution < -0.4 is 20.2 Å². The summed E-state index contributed by atoms with van der Waals surface area (Å²) in [7, 11) is -4.42. The molecule has 6 atom stereocenters. The van der Waals surface area contributed by atoms with Gasteiger partial charge in [0, 0.05) is 18.5 Å². The number of rotatable bonds is 11. The van der Waals surface area contributed by atoms with Crippen molar-refractivity contribution in [2.75, 3.05) is 36.9 Å². The number of alkyl halides is 1. The molecule has 0 bridgehead atoms. The first kappa shape index (κ1) is 34.0. The number of nitrogens with zero attached hydrogens (tertiary/aromatic N) is 5. The van der Waals surface area contributed by atoms with Crippen LogP contribution in [0.4, 0.5) is 16.2 Å². The lowest BCUT2D eigenvalue weighted by Gasteiger charge is -2.32. The van der Waals surface area contributed by atoms with Crippen LogP contribution in [0.15, 0.2) is 48.8 Å². The summed E-state index contributed by atoms with van der Waals surface area (Å²) in [4.78, 5) is 27.9. The third-order valence-electron chi connectivity index (χ3n) is 8.25. The fourth-order valence-corrected chi connectivity index (χ4v) is 7.08. The van der Waals surface area contributed by atoms with Crippen molar-refractivity contribution < 1.29 is 37.4 Å². The van der Waals surface area contributed by atoms with Crippen LogP contribution in [0.25, 0.3) is 21.9 Å². The highest BCUT2D eigenvalue weighted by atomic mass is 31.2. The molecule has 2 aliphatic heterocycles. The van der Waals surface area contributed by atoms with Gasteiger partial charge in [-0.15, -0.1) is 0 Å². The van der Waals surface area contributed by atoms with Crippen molar-refractivity contribution in [2.24, 2.45) is 5.41 Å². The summed E-state index contributed by atoms with van der Waals surface area (Å²) in [5.74, 6) is 0.0794. The van der Waals surface area contributed by atoms with Crippen LogP contribution in [0.3, 0.4) is 0 Å². The van der Waals surface area contributed by atoms with Gasteiger partial charge >= 0.3 is 13.7 Å². The quantitative estimate of drug-likeness (QED) is 0.148. The van der Waals surface area contributed by atoms with E-state index in [-0.39, 0.29) is 29.4 Å². The molecule has 4 aromatic rings. The number of halogens is 1. The second-order valence-corrected chi connectivity index (χ2v) is 15.3. The lowest BCUT2D eigenvalue weighted by atomic mass is 9.98. The molecule has 48 heavy (non-hydrogen) atoms. The van der Waals surface area contributed by atoms with Crippen LogP contribution in [0, 0.1) is 5.41 Å². The molecule has 0 saturated carbocycles. The molecule has 2 aromatic carbocycles. The van der Waals surface area contributed by atoms with Gasteiger partial charge in [0.1, 0.15) is 23.5 Å². The second-order valence-electron chi connectivity index (χ2n) is 13.6. The van der Waals surface area contributed by atoms with E-state index in [9.17, 15) is 14.5 Å². The average Bonchev–Trinajstić information content (AvgIpc) is 3.51. The van der Waals surface area contributed by atoms with E-state index >= 15 is 4.39 Å². The standard InChI is InChI=1S/C32H41FN7O7P/c1-19(28(41)44-17-31(2,3)4)38-48(43,47-22-13-8-11-20-10-6-7-12-21(20)22)45-16-23-25(33)32(5,42)29(46-23)40-18-35-24-26(39-14-9-15-39)36-30(34)37-27(24)40/h6-8,10-13,18-19,23,25,29,42H,9,14-17H2,1-5H3,(H,38,43)(H2,34,36,37). The lowest BCUT2D eigenvalue weighted by molar-refractivity contribution is -0.148. The average molecular weight is 686 g/mol. The number of benzene rings is 2. The van der Waals surface area contributed by atoms with Crippen LogP contribution >= 0.6 is 7.75 Å². The topological polar surface area (TPSA) is 176 Å². The largest absolute Gasteiger partial charge is 0.464 e. The number of ether oxygens (including phenoxy) is 2. The van der Waals surface area contributed by atoms with Crippen molar-refractivity contribution in [3.8, 4) is 5.75 Å². The minimum atomic E-state index is -4.42. The van der Waals surface area contributed by atoms with E-state index in [4.69, 9.17) is 24.3 Å². The number of hydrogen-bond donors (Lipinski definition) is 3. The molecule has 0 aliphatic carbocycles. The van der Waals surface area contributed by atoms with E-state index in [0.717, 1.165) is 24.9 Å². The summed E-state index contributed by atoms with van der Waals surface area (Å²) in [6, 6.07) is 11.4. The minimum absolute atomic E-state index is 0.00628. The van der Waals surface area contributed by atoms with Crippen LogP contribution in [-0.4, -0.2) is 80.8 Å². The van der Waals surface area contributed by atoms with Crippen LogP contribution in [-0.2, 0) is 23.4 Å². The molecule has 2 aromatic heterocycles. The van der Waals surface area contributed by atoms with Crippen molar-refractivity contribution in [3.05, 3.63) is 48.8 Å². The molecule has 4 heterocycles. The highest BCUT2D eigenvalue weighted by Gasteiger charge is 2.55. The fraction of sp³-hybridized carbons (Fsp3) is 0.500. The predicted octanol–water partition coefficient (Wildman–Crippen LogP) is 4.53. The van der Waals surface area contributed by atoms with Gasteiger partial charge in [0.2, 0.25) is 5.95 Å². The number of fused-ring (bicyclic) bond motifs is 2. The molecule has 6 rings (SSSR count). The monoisotopic (exact) mass is 685 g/mol. The van der Waals surface area contributed by atoms with Gasteiger partial charge < -0.3 is 29.7 Å². The second kappa shape index (κ2) is 12.9. The number of carbonyl (C=O) groups is 1. The number of nitrogens with two attached hydrogens (primary N) is 1. The van der Waals surface area contributed by atoms with Gasteiger partial charge in [-0.3, -0.25) is 13.9 Å². The highest BCUT2D eigenvalue weighted by molar-refractivity contribution is 7.52. The summed E-state index contributed by atoms with van der Waals surface area (Å²) < 4.78 is 55.0. The number of aliphatic hydroxyl groups is 1. The zero-order valence-corrected chi connectivity index (χ0v) is 28.4. The Bertz CT molecular complexity index is 1860. The van der Waals surface area contributed by atoms with Gasteiger partial charge in [-0.05, 0) is 37.1 Å². The van der Waals surface area contributed by atoms with E-state index in [1.54, 1.807) is 24.3 Å². The molecule has 2 fully saturated rings. The first-order chi connectivity index (χ1) is 22.6. The van der Waals surface area contributed by atoms with Gasteiger partial charge in [0.25, 0.3) is 0 Å². The van der Waals surface area contributed by atoms with Gasteiger partial charge in [0.05, 0.1) is 19.5 Å². The smallest absolute Gasteiger partial charge is 0.459 e. The number of nitrogens with one attached hydrogen (secondary N) is 1. The molecule has 0 spiro atoms. The molecule has 0 amide bonds. The van der Waals surface area contributed by atoms with Crippen LogP contribution in [0.5, 0.6) is 5.75 Å². The van der Waals surface area contributed by atoms with Crippen LogP contribution in [0.1, 0.15) is 47.3 Å². The number of carbonyl (C=O) groups excluding carboxylic acids is 1. The first-order valence-corrected chi connectivity index (χ1v) is 17.3. The van der Waals surface area contributed by atoms with Crippen molar-refractivity contribution in [1.29, 1.82) is 0 Å². The Morgan fingerprint density at radius 1 is 1.23 bits per heavy atom. The SMILES string of the molecule is CC(NP(=O)(OCC1OC(n2cnc3c(N4CCC4)nc(N)nc32)C(C)(O)C1F)Oc1cccc2ccccc12)C(=O)OCC(C)(C)C. The number of nitrogen functional groups attached to an aromatic ring is 1. The maximum Gasteiger partial charge on any atom is 0.459 e. The Kier molecular flexibility index (Phi) is 9.11. The van der Waals surface area contributed by atoms with Crippen molar-refractivity contribution in [1.82, 2.24) is 24.6 Å². The Balaban J connectivity index is 1.25. The summed E-state index contributed by atoms with van der Waals surface area (Å²) in [5, 5.41) is 15.5. The summed E-state index contributed by atoms with van der Waals surface area (Å²) in [6.45, 7) is 9.55. The van der Waals surface area contributed by atoms with E-state index in [0.29, 0.717) is 16.7 Å². The third kappa shape index (κ3) is 6.83. The normalized spacial score (nSPS) is 24.7. The number of esters is 1. The molecule has 2 aliphatic rings. The molecule has 16 heteroatoms. The maximum absolute atomic E-state index is 16.0. The molecule has 258 valence electrons. The first-order valence-electron chi connectivity index (χ1n) is 15.8. The summed E-state index contributed by atoms with van der Waals surface area (Å²) in [5.41, 5.74) is 4.32. The zero-order valence-electron chi connectivity index (χ0n) is 27.5. The fourth-order valence-electron chi connectivity index (χ4n) is 5.56. The maximum atomic E-state index is 16.0. The van der Waals surface area contributed by atoms with Crippen molar-refractivity contribution >= 4 is 47.4 Å². The summed E-state index contributed by atoms with van der Waals surface area (Å²) in [6.07, 6.45) is -2.34. The van der Waals surface area contributed by atoms with Crippen molar-refractivity contribution in [2.45, 2.75) is 71.2 Å². The van der Waals surface area contributed by atoms with Gasteiger partial charge in [-0.1, -0.05) is 57.2 Å². The number of aromatic nitrogens is 4. The number of hydrogen-bond acceptors (Lipinski definition) is 12. The van der Waals surface area contributed by atoms with Crippen molar-refractivity contribution in [3.63, 3.8) is 0 Å². The minimum Gasteiger partial charge on any atom is -0.464 e. The van der Waals surface area contributed by atoms with E-state index < -0.39 is 50.5 Å². The number of imidazole rings is 1. The predicted molar refractivity (Wildman–Crippen MR) is 177 cm³/mol. The lowest BCUT2D eigenvalue weighted by Crippen LogP contribution is -2.42. The summed E-state index contributed by atoms with van der Waals surface area (Å²) >= 11 is 0. The Morgan fingerprint density at radius 3 is 2.67 bits per heavy atom. The van der Waals surface area contributed by atoms with E-state index in [2.05, 4.69) is 20.0 Å². The molecule has 6 unspecified atom stereocenters. The highest BCUT2D eigenvalue weighted by Crippen LogP contribution is 2.49. The van der Waals surface area contributed by atoms with Gasteiger partial charge in [-0.2, -0.15) is 15.1 Å². The molecular weight excluding hydrogens is 644 g/mol. The van der Waals surface area contributed by atoms with Crippen LogP contribution in [0.2, 0.25) is 0 Å². The van der Waals surface area contributed by atoms with Gasteiger partial charge in [-0.25, -0.2) is 13.9 Å². The van der Waals surface area contributed by atoms with E-state index in [1.165, 1.54) is 24.7 Å². The molecular formula is C32H41FN7O7P. The molecule has 2 saturated heterocycles. The van der Waals surface area contributed by atoms with E-state index in [1.807, 2.05) is 43.9 Å². The molecule has 4 N–H and O–H groups in total. The molecule has 14 nitrogen and oxygen atoms in total. The zero-order chi connectivity index (χ0) is 34.4. The Morgan fingerprint density at radius 2 is 1.96 bits per heavy atom. The third-order valence-corrected chi connectivity index (χ3v) is 9.88. The molecule has 0 radical (unpaired) electrons.